The Morgan fingerprint density at radius 2 is 1.88 bits per heavy atom. The first-order chi connectivity index (χ1) is 12.4. The lowest BCUT2D eigenvalue weighted by molar-refractivity contribution is -0.0161. The van der Waals surface area contributed by atoms with Crippen molar-refractivity contribution in [3.8, 4) is 0 Å². The number of piperidine rings is 2. The van der Waals surface area contributed by atoms with Crippen LogP contribution in [0.4, 0.5) is 5.82 Å². The van der Waals surface area contributed by atoms with Crippen molar-refractivity contribution in [2.24, 2.45) is 11.1 Å². The quantitative estimate of drug-likeness (QED) is 0.840. The zero-order chi connectivity index (χ0) is 16.9. The Morgan fingerprint density at radius 1 is 1.04 bits per heavy atom. The molecule has 136 valence electrons. The standard InChI is InChI=1S/C19H28N4O2/c1-4-10-22(11-5-1)14-17-15-24-21-19(25-17)16-7-12-23(13-8-16)18-6-2-3-9-20-18/h2-3,6,9,16-17H,1,4-5,7-8,10-15H2. The van der Waals surface area contributed by atoms with E-state index in [4.69, 9.17) is 9.57 Å². The second kappa shape index (κ2) is 8.04. The number of aromatic nitrogens is 1. The molecule has 0 N–H and O–H groups in total. The predicted molar refractivity (Wildman–Crippen MR) is 97.7 cm³/mol. The third kappa shape index (κ3) is 4.24. The van der Waals surface area contributed by atoms with Crippen LogP contribution in [0.2, 0.25) is 0 Å². The maximum absolute atomic E-state index is 6.22. The van der Waals surface area contributed by atoms with E-state index in [9.17, 15) is 0 Å². The van der Waals surface area contributed by atoms with Crippen LogP contribution in [0.5, 0.6) is 0 Å². The Labute approximate surface area is 149 Å². The summed E-state index contributed by atoms with van der Waals surface area (Å²) in [7, 11) is 0. The van der Waals surface area contributed by atoms with E-state index >= 15 is 0 Å². The molecule has 1 atom stereocenters. The van der Waals surface area contributed by atoms with E-state index in [1.165, 1.54) is 32.4 Å². The fourth-order valence-electron chi connectivity index (χ4n) is 4.00. The molecule has 3 aliphatic rings. The summed E-state index contributed by atoms with van der Waals surface area (Å²) in [5.41, 5.74) is 0. The van der Waals surface area contributed by atoms with Gasteiger partial charge < -0.3 is 14.5 Å². The van der Waals surface area contributed by atoms with E-state index in [2.05, 4.69) is 26.0 Å². The Bertz CT molecular complexity index is 566. The summed E-state index contributed by atoms with van der Waals surface area (Å²) in [6.07, 6.45) is 8.03. The fraction of sp³-hybridized carbons (Fsp3) is 0.684. The molecule has 25 heavy (non-hydrogen) atoms. The van der Waals surface area contributed by atoms with E-state index < -0.39 is 0 Å². The number of anilines is 1. The van der Waals surface area contributed by atoms with Crippen molar-refractivity contribution < 1.29 is 9.57 Å². The van der Waals surface area contributed by atoms with Crippen LogP contribution in [0, 0.1) is 5.92 Å². The molecule has 1 aromatic rings. The van der Waals surface area contributed by atoms with Crippen LogP contribution < -0.4 is 4.90 Å². The SMILES string of the molecule is c1ccc(N2CCC(C3=NOCC(CN4CCCCC4)O3)CC2)nc1. The Hall–Kier alpha value is -1.82. The maximum atomic E-state index is 6.22. The zero-order valence-electron chi connectivity index (χ0n) is 14.8. The molecule has 6 heteroatoms. The minimum atomic E-state index is 0.124. The molecule has 0 aliphatic carbocycles. The molecule has 2 fully saturated rings. The van der Waals surface area contributed by atoms with Crippen LogP contribution in [0.1, 0.15) is 32.1 Å². The highest BCUT2D eigenvalue weighted by Crippen LogP contribution is 2.25. The third-order valence-corrected chi connectivity index (χ3v) is 5.43. The summed E-state index contributed by atoms with van der Waals surface area (Å²) in [5, 5.41) is 4.24. The van der Waals surface area contributed by atoms with Gasteiger partial charge in [-0.15, -0.1) is 0 Å². The molecular weight excluding hydrogens is 316 g/mol. The van der Waals surface area contributed by atoms with Crippen molar-refractivity contribution in [3.63, 3.8) is 0 Å². The van der Waals surface area contributed by atoms with Crippen molar-refractivity contribution in [1.82, 2.24) is 9.88 Å². The number of ether oxygens (including phenoxy) is 1. The van der Waals surface area contributed by atoms with Crippen LogP contribution in [0.15, 0.2) is 29.6 Å². The van der Waals surface area contributed by atoms with E-state index in [-0.39, 0.29) is 6.10 Å². The van der Waals surface area contributed by atoms with E-state index in [1.807, 2.05) is 18.3 Å². The van der Waals surface area contributed by atoms with Crippen LogP contribution in [0.3, 0.4) is 0 Å². The van der Waals surface area contributed by atoms with Crippen LogP contribution in [-0.2, 0) is 9.57 Å². The van der Waals surface area contributed by atoms with Crippen molar-refractivity contribution >= 4 is 11.7 Å². The lowest BCUT2D eigenvalue weighted by atomic mass is 9.96. The first-order valence-corrected chi connectivity index (χ1v) is 9.63. The van der Waals surface area contributed by atoms with Gasteiger partial charge in [-0.3, -0.25) is 4.90 Å². The van der Waals surface area contributed by atoms with Gasteiger partial charge in [-0.1, -0.05) is 17.6 Å². The van der Waals surface area contributed by atoms with Gasteiger partial charge >= 0.3 is 0 Å². The molecule has 0 radical (unpaired) electrons. The molecule has 0 amide bonds. The fourth-order valence-corrected chi connectivity index (χ4v) is 4.00. The lowest BCUT2D eigenvalue weighted by Gasteiger charge is -2.36. The Kier molecular flexibility index (Phi) is 5.35. The number of hydrogen-bond acceptors (Lipinski definition) is 6. The second-order valence-electron chi connectivity index (χ2n) is 7.28. The molecule has 3 aliphatic heterocycles. The number of nitrogens with zero attached hydrogens (tertiary/aromatic N) is 4. The first kappa shape index (κ1) is 16.6. The van der Waals surface area contributed by atoms with Gasteiger partial charge in [-0.2, -0.15) is 0 Å². The highest BCUT2D eigenvalue weighted by atomic mass is 16.7. The van der Waals surface area contributed by atoms with E-state index in [0.717, 1.165) is 44.2 Å². The van der Waals surface area contributed by atoms with E-state index in [1.54, 1.807) is 0 Å². The molecule has 4 heterocycles. The molecule has 1 aromatic heterocycles. The van der Waals surface area contributed by atoms with Crippen molar-refractivity contribution in [3.05, 3.63) is 24.4 Å². The molecule has 0 aromatic carbocycles. The number of hydrogen-bond donors (Lipinski definition) is 0. The van der Waals surface area contributed by atoms with Crippen molar-refractivity contribution in [2.75, 3.05) is 44.2 Å². The van der Waals surface area contributed by atoms with E-state index in [0.29, 0.717) is 12.5 Å². The summed E-state index contributed by atoms with van der Waals surface area (Å²) in [6.45, 7) is 5.89. The monoisotopic (exact) mass is 344 g/mol. The predicted octanol–water partition coefficient (Wildman–Crippen LogP) is 2.51. The Balaban J connectivity index is 1.28. The van der Waals surface area contributed by atoms with Gasteiger partial charge in [-0.05, 0) is 50.9 Å². The van der Waals surface area contributed by atoms with Crippen LogP contribution >= 0.6 is 0 Å². The van der Waals surface area contributed by atoms with Crippen LogP contribution in [0.25, 0.3) is 0 Å². The molecule has 4 rings (SSSR count). The zero-order valence-corrected chi connectivity index (χ0v) is 14.8. The van der Waals surface area contributed by atoms with Gasteiger partial charge in [0.25, 0.3) is 0 Å². The van der Waals surface area contributed by atoms with Gasteiger partial charge in [-0.25, -0.2) is 4.98 Å². The molecular formula is C19H28N4O2. The lowest BCUT2D eigenvalue weighted by Crippen LogP contribution is -2.44. The largest absolute Gasteiger partial charge is 0.470 e. The summed E-state index contributed by atoms with van der Waals surface area (Å²) >= 11 is 0. The van der Waals surface area contributed by atoms with Gasteiger partial charge in [0.2, 0.25) is 5.90 Å². The minimum absolute atomic E-state index is 0.124. The summed E-state index contributed by atoms with van der Waals surface area (Å²) in [5.74, 6) is 2.24. The van der Waals surface area contributed by atoms with Crippen molar-refractivity contribution in [1.29, 1.82) is 0 Å². The normalized spacial score (nSPS) is 25.8. The molecule has 0 spiro atoms. The number of likely N-dealkylation sites (tertiary alicyclic amines) is 1. The summed E-state index contributed by atoms with van der Waals surface area (Å²) in [4.78, 5) is 14.8. The second-order valence-corrected chi connectivity index (χ2v) is 7.28. The van der Waals surface area contributed by atoms with Gasteiger partial charge in [0.15, 0.2) is 6.61 Å². The Morgan fingerprint density at radius 3 is 2.64 bits per heavy atom. The molecule has 2 saturated heterocycles. The smallest absolute Gasteiger partial charge is 0.229 e. The molecule has 1 unspecified atom stereocenters. The number of oxime groups is 1. The summed E-state index contributed by atoms with van der Waals surface area (Å²) < 4.78 is 6.22. The topological polar surface area (TPSA) is 50.2 Å². The average molecular weight is 344 g/mol. The average Bonchev–Trinajstić information content (AvgIpc) is 2.70. The maximum Gasteiger partial charge on any atom is 0.229 e. The third-order valence-electron chi connectivity index (χ3n) is 5.43. The molecule has 0 bridgehead atoms. The van der Waals surface area contributed by atoms with Gasteiger partial charge in [0.05, 0.1) is 0 Å². The van der Waals surface area contributed by atoms with Gasteiger partial charge in [0, 0.05) is 31.7 Å². The molecule has 0 saturated carbocycles. The van der Waals surface area contributed by atoms with Crippen LogP contribution in [-0.4, -0.2) is 61.2 Å². The van der Waals surface area contributed by atoms with Crippen molar-refractivity contribution in [2.45, 2.75) is 38.2 Å². The minimum Gasteiger partial charge on any atom is -0.470 e. The number of pyridine rings is 1. The number of rotatable bonds is 4. The first-order valence-electron chi connectivity index (χ1n) is 9.63. The highest BCUT2D eigenvalue weighted by Gasteiger charge is 2.31. The van der Waals surface area contributed by atoms with Gasteiger partial charge in [0.1, 0.15) is 11.9 Å². The molecule has 6 nitrogen and oxygen atoms in total. The summed E-state index contributed by atoms with van der Waals surface area (Å²) in [6, 6.07) is 6.08. The highest BCUT2D eigenvalue weighted by molar-refractivity contribution is 5.79.